The molecule has 0 aromatic heterocycles. The molecule has 96 valence electrons. The van der Waals surface area contributed by atoms with Crippen molar-refractivity contribution in [1.82, 2.24) is 10.9 Å². The fourth-order valence-electron chi connectivity index (χ4n) is 1.08. The van der Waals surface area contributed by atoms with E-state index >= 15 is 0 Å². The second-order valence-corrected chi connectivity index (χ2v) is 4.94. The summed E-state index contributed by atoms with van der Waals surface area (Å²) in [6.07, 6.45) is 3.05. The Bertz CT molecular complexity index is 445. The zero-order valence-electron chi connectivity index (χ0n) is 10.9. The summed E-state index contributed by atoms with van der Waals surface area (Å²) < 4.78 is 0. The fraction of sp³-hybridized carbons (Fsp3) is 0.286. The van der Waals surface area contributed by atoms with Gasteiger partial charge in [0.1, 0.15) is 0 Å². The molecular formula is C14H18N2O2. The summed E-state index contributed by atoms with van der Waals surface area (Å²) in [7, 11) is 0. The molecule has 1 aromatic carbocycles. The van der Waals surface area contributed by atoms with Gasteiger partial charge in [0.05, 0.1) is 0 Å². The lowest BCUT2D eigenvalue weighted by atomic mass is 9.96. The molecule has 0 atom stereocenters. The first-order valence-electron chi connectivity index (χ1n) is 5.73. The van der Waals surface area contributed by atoms with Crippen LogP contribution in [0.1, 0.15) is 26.3 Å². The van der Waals surface area contributed by atoms with E-state index in [4.69, 9.17) is 0 Å². The van der Waals surface area contributed by atoms with Crippen LogP contribution in [0.3, 0.4) is 0 Å². The van der Waals surface area contributed by atoms with Crippen LogP contribution < -0.4 is 10.9 Å². The Morgan fingerprint density at radius 1 is 1.06 bits per heavy atom. The molecule has 18 heavy (non-hydrogen) atoms. The summed E-state index contributed by atoms with van der Waals surface area (Å²) >= 11 is 0. The van der Waals surface area contributed by atoms with Crippen molar-refractivity contribution >= 4 is 17.9 Å². The van der Waals surface area contributed by atoms with Gasteiger partial charge >= 0.3 is 0 Å². The Labute approximate surface area is 107 Å². The molecule has 0 saturated heterocycles. The highest BCUT2D eigenvalue weighted by Crippen LogP contribution is 2.11. The Morgan fingerprint density at radius 2 is 1.67 bits per heavy atom. The molecule has 2 amide bonds. The number of rotatable bonds is 2. The molecule has 0 saturated carbocycles. The fourth-order valence-corrected chi connectivity index (χ4v) is 1.08. The standard InChI is InChI=1S/C14H18N2O2/c1-14(2,3)13(18)16-15-12(17)10-9-11-7-5-4-6-8-11/h4-10H,1-3H3,(H,15,17)(H,16,18)/b10-9+. The number of benzene rings is 1. The molecule has 1 aromatic rings. The maximum absolute atomic E-state index is 11.5. The van der Waals surface area contributed by atoms with Crippen LogP contribution >= 0.6 is 0 Å². The number of carbonyl (C=O) groups excluding carboxylic acids is 2. The SMILES string of the molecule is CC(C)(C)C(=O)NNC(=O)/C=C/c1ccccc1. The van der Waals surface area contributed by atoms with E-state index in [0.29, 0.717) is 0 Å². The molecule has 4 nitrogen and oxygen atoms in total. The van der Waals surface area contributed by atoms with Crippen LogP contribution in [0.2, 0.25) is 0 Å². The number of nitrogens with one attached hydrogen (secondary N) is 2. The maximum atomic E-state index is 11.5. The molecule has 0 spiro atoms. The number of carbonyl (C=O) groups is 2. The van der Waals surface area contributed by atoms with Gasteiger partial charge in [-0.05, 0) is 11.6 Å². The van der Waals surface area contributed by atoms with Gasteiger partial charge in [0.2, 0.25) is 5.91 Å². The van der Waals surface area contributed by atoms with Gasteiger partial charge in [0.15, 0.2) is 0 Å². The molecular weight excluding hydrogens is 228 g/mol. The van der Waals surface area contributed by atoms with Crippen LogP contribution in [-0.4, -0.2) is 11.8 Å². The van der Waals surface area contributed by atoms with E-state index in [1.54, 1.807) is 26.8 Å². The highest BCUT2D eigenvalue weighted by atomic mass is 16.2. The van der Waals surface area contributed by atoms with Crippen molar-refractivity contribution < 1.29 is 9.59 Å². The first-order valence-corrected chi connectivity index (χ1v) is 5.73. The number of amides is 2. The van der Waals surface area contributed by atoms with Gasteiger partial charge in [0, 0.05) is 11.5 Å². The van der Waals surface area contributed by atoms with E-state index in [0.717, 1.165) is 5.56 Å². The third-order valence-electron chi connectivity index (χ3n) is 2.21. The molecule has 0 bridgehead atoms. The molecule has 0 unspecified atom stereocenters. The topological polar surface area (TPSA) is 58.2 Å². The summed E-state index contributed by atoms with van der Waals surface area (Å²) in [5, 5.41) is 0. The van der Waals surface area contributed by atoms with Crippen molar-refractivity contribution in [2.75, 3.05) is 0 Å². The van der Waals surface area contributed by atoms with E-state index in [9.17, 15) is 9.59 Å². The third-order valence-corrected chi connectivity index (χ3v) is 2.21. The average Bonchev–Trinajstić information content (AvgIpc) is 2.33. The Morgan fingerprint density at radius 3 is 2.22 bits per heavy atom. The summed E-state index contributed by atoms with van der Waals surface area (Å²) in [4.78, 5) is 22.9. The third kappa shape index (κ3) is 4.82. The summed E-state index contributed by atoms with van der Waals surface area (Å²) in [5.41, 5.74) is 5.10. The van der Waals surface area contributed by atoms with Crippen molar-refractivity contribution in [1.29, 1.82) is 0 Å². The van der Waals surface area contributed by atoms with Crippen molar-refractivity contribution in [2.24, 2.45) is 5.41 Å². The molecule has 4 heteroatoms. The van der Waals surface area contributed by atoms with Gasteiger partial charge in [-0.15, -0.1) is 0 Å². The second kappa shape index (κ2) is 6.00. The van der Waals surface area contributed by atoms with E-state index < -0.39 is 5.41 Å². The average molecular weight is 246 g/mol. The predicted octanol–water partition coefficient (Wildman–Crippen LogP) is 1.89. The van der Waals surface area contributed by atoms with Crippen LogP contribution in [-0.2, 0) is 9.59 Å². The lowest BCUT2D eigenvalue weighted by Gasteiger charge is -2.17. The Hall–Kier alpha value is -2.10. The summed E-state index contributed by atoms with van der Waals surface area (Å²) in [6, 6.07) is 9.45. The van der Waals surface area contributed by atoms with Gasteiger partial charge in [-0.25, -0.2) is 0 Å². The van der Waals surface area contributed by atoms with Crippen LogP contribution in [0.4, 0.5) is 0 Å². The molecule has 0 radical (unpaired) electrons. The van der Waals surface area contributed by atoms with Crippen LogP contribution in [0.5, 0.6) is 0 Å². The van der Waals surface area contributed by atoms with Gasteiger partial charge in [0.25, 0.3) is 5.91 Å². The van der Waals surface area contributed by atoms with Crippen molar-refractivity contribution in [3.63, 3.8) is 0 Å². The van der Waals surface area contributed by atoms with E-state index in [1.807, 2.05) is 30.3 Å². The van der Waals surface area contributed by atoms with Gasteiger partial charge in [-0.1, -0.05) is 51.1 Å². The summed E-state index contributed by atoms with van der Waals surface area (Å²) in [6.45, 7) is 5.32. The zero-order valence-corrected chi connectivity index (χ0v) is 10.9. The van der Waals surface area contributed by atoms with Crippen molar-refractivity contribution in [3.8, 4) is 0 Å². The lowest BCUT2D eigenvalue weighted by Crippen LogP contribution is -2.46. The highest BCUT2D eigenvalue weighted by Gasteiger charge is 2.20. The monoisotopic (exact) mass is 246 g/mol. The van der Waals surface area contributed by atoms with Crippen LogP contribution in [0.15, 0.2) is 36.4 Å². The van der Waals surface area contributed by atoms with Crippen molar-refractivity contribution in [2.45, 2.75) is 20.8 Å². The minimum absolute atomic E-state index is 0.232. The van der Waals surface area contributed by atoms with E-state index in [2.05, 4.69) is 10.9 Å². The molecule has 1 rings (SSSR count). The number of hydrazine groups is 1. The minimum Gasteiger partial charge on any atom is -0.273 e. The van der Waals surface area contributed by atoms with Crippen LogP contribution in [0, 0.1) is 5.41 Å². The van der Waals surface area contributed by atoms with Gasteiger partial charge < -0.3 is 0 Å². The molecule has 0 heterocycles. The zero-order chi connectivity index (χ0) is 13.6. The first-order chi connectivity index (χ1) is 8.39. The first kappa shape index (κ1) is 14.0. The molecule has 0 aliphatic rings. The second-order valence-electron chi connectivity index (χ2n) is 4.94. The van der Waals surface area contributed by atoms with Crippen LogP contribution in [0.25, 0.3) is 6.08 Å². The van der Waals surface area contributed by atoms with E-state index in [-0.39, 0.29) is 11.8 Å². The quantitative estimate of drug-likeness (QED) is 0.618. The van der Waals surface area contributed by atoms with Gasteiger partial charge in [-0.3, -0.25) is 20.4 Å². The minimum atomic E-state index is -0.531. The molecule has 0 fully saturated rings. The molecule has 2 N–H and O–H groups in total. The Balaban J connectivity index is 2.44. The lowest BCUT2D eigenvalue weighted by molar-refractivity contribution is -0.132. The number of hydrogen-bond acceptors (Lipinski definition) is 2. The largest absolute Gasteiger partial charge is 0.273 e. The molecule has 0 aliphatic heterocycles. The number of hydrogen-bond donors (Lipinski definition) is 2. The highest BCUT2D eigenvalue weighted by molar-refractivity contribution is 5.93. The molecule has 0 aliphatic carbocycles. The van der Waals surface area contributed by atoms with Crippen molar-refractivity contribution in [3.05, 3.63) is 42.0 Å². The smallest absolute Gasteiger partial charge is 0.262 e. The normalized spacial score (nSPS) is 11.3. The van der Waals surface area contributed by atoms with Gasteiger partial charge in [-0.2, -0.15) is 0 Å². The van der Waals surface area contributed by atoms with E-state index in [1.165, 1.54) is 6.08 Å². The predicted molar refractivity (Wildman–Crippen MR) is 71.2 cm³/mol. The Kier molecular flexibility index (Phi) is 4.66. The maximum Gasteiger partial charge on any atom is 0.262 e. The summed E-state index contributed by atoms with van der Waals surface area (Å²) in [5.74, 6) is -0.597.